The number of aliphatic imine (C=N–C) groups is 1. The van der Waals surface area contributed by atoms with Gasteiger partial charge in [-0.25, -0.2) is 0 Å². The molecular formula is C29H32NP. The van der Waals surface area contributed by atoms with Gasteiger partial charge in [0, 0.05) is 18.3 Å². The molecule has 3 fully saturated rings. The molecule has 31 heavy (non-hydrogen) atoms. The Kier molecular flexibility index (Phi) is 5.81. The van der Waals surface area contributed by atoms with Crippen molar-refractivity contribution in [3.63, 3.8) is 0 Å². The maximum absolute atomic E-state index is 5.02. The third-order valence-electron chi connectivity index (χ3n) is 7.78. The first-order valence-electron chi connectivity index (χ1n) is 11.6. The molecule has 0 aromatic heterocycles. The summed E-state index contributed by atoms with van der Waals surface area (Å²) in [6.45, 7) is 5.93. The van der Waals surface area contributed by atoms with Gasteiger partial charge in [0.1, 0.15) is 0 Å². The molecule has 1 nitrogen and oxygen atoms in total. The second-order valence-electron chi connectivity index (χ2n) is 9.76. The van der Waals surface area contributed by atoms with Crippen LogP contribution >= 0.6 is 7.92 Å². The molecule has 2 heteroatoms. The van der Waals surface area contributed by atoms with Gasteiger partial charge in [-0.15, -0.1) is 0 Å². The average molecular weight is 426 g/mol. The SMILES string of the molecule is CC1(C)[C@H]2CCC(C/N=C/c3ccccc3P(c3ccccc3)c3ccccc3)[C@@H]1C2. The molecule has 0 aliphatic heterocycles. The van der Waals surface area contributed by atoms with Crippen LogP contribution < -0.4 is 15.9 Å². The van der Waals surface area contributed by atoms with Crippen LogP contribution in [0.1, 0.15) is 38.7 Å². The van der Waals surface area contributed by atoms with Crippen molar-refractivity contribution < 1.29 is 0 Å². The lowest BCUT2D eigenvalue weighted by Crippen LogP contribution is -2.53. The Bertz CT molecular complexity index is 999. The van der Waals surface area contributed by atoms with E-state index in [1.54, 1.807) is 0 Å². The van der Waals surface area contributed by atoms with Gasteiger partial charge >= 0.3 is 0 Å². The molecular weight excluding hydrogens is 393 g/mol. The quantitative estimate of drug-likeness (QED) is 0.343. The summed E-state index contributed by atoms with van der Waals surface area (Å²) in [6, 6.07) is 30.8. The van der Waals surface area contributed by atoms with Crippen LogP contribution in [0.3, 0.4) is 0 Å². The average Bonchev–Trinajstić information content (AvgIpc) is 2.82. The van der Waals surface area contributed by atoms with Gasteiger partial charge in [0.05, 0.1) is 0 Å². The summed E-state index contributed by atoms with van der Waals surface area (Å²) in [6.07, 6.45) is 6.34. The Morgan fingerprint density at radius 1 is 0.839 bits per heavy atom. The zero-order valence-corrected chi connectivity index (χ0v) is 19.5. The molecule has 2 bridgehead atoms. The molecule has 3 aliphatic carbocycles. The molecule has 0 radical (unpaired) electrons. The molecule has 3 aliphatic rings. The predicted molar refractivity (Wildman–Crippen MR) is 136 cm³/mol. The van der Waals surface area contributed by atoms with Gasteiger partial charge in [-0.05, 0) is 66.3 Å². The van der Waals surface area contributed by atoms with Crippen molar-refractivity contribution in [3.8, 4) is 0 Å². The van der Waals surface area contributed by atoms with E-state index in [1.807, 2.05) is 0 Å². The zero-order valence-electron chi connectivity index (χ0n) is 18.6. The molecule has 0 spiro atoms. The molecule has 3 aromatic carbocycles. The standard InChI is InChI=1S/C29H32NP/c1-29(2)24-18-17-22(27(29)19-24)20-30-21-23-11-9-10-16-28(23)31(25-12-5-3-6-13-25)26-14-7-4-8-15-26/h3-16,21-22,24,27H,17-20H2,1-2H3/b30-21+/t22?,24-,27-/m0/s1. The van der Waals surface area contributed by atoms with Crippen LogP contribution in [0.4, 0.5) is 0 Å². The minimum Gasteiger partial charge on any atom is -0.292 e. The topological polar surface area (TPSA) is 12.4 Å². The number of rotatable bonds is 6. The van der Waals surface area contributed by atoms with E-state index in [1.165, 1.54) is 40.7 Å². The fraction of sp³-hybridized carbons (Fsp3) is 0.345. The zero-order chi connectivity index (χ0) is 21.3. The first kappa shape index (κ1) is 20.7. The van der Waals surface area contributed by atoms with Crippen molar-refractivity contribution in [1.82, 2.24) is 0 Å². The van der Waals surface area contributed by atoms with Gasteiger partial charge in [0.2, 0.25) is 0 Å². The number of fused-ring (bicyclic) bond motifs is 2. The van der Waals surface area contributed by atoms with Crippen LogP contribution in [0.2, 0.25) is 0 Å². The van der Waals surface area contributed by atoms with E-state index in [4.69, 9.17) is 4.99 Å². The normalized spacial score (nSPS) is 24.3. The predicted octanol–water partition coefficient (Wildman–Crippen LogP) is 5.94. The Morgan fingerprint density at radius 2 is 1.45 bits per heavy atom. The molecule has 0 heterocycles. The fourth-order valence-corrected chi connectivity index (χ4v) is 8.27. The highest BCUT2D eigenvalue weighted by atomic mass is 31.1. The maximum atomic E-state index is 5.02. The van der Waals surface area contributed by atoms with Crippen LogP contribution in [-0.2, 0) is 0 Å². The molecule has 158 valence electrons. The summed E-state index contributed by atoms with van der Waals surface area (Å²) < 4.78 is 0. The van der Waals surface area contributed by atoms with Gasteiger partial charge in [-0.1, -0.05) is 98.8 Å². The van der Waals surface area contributed by atoms with Crippen molar-refractivity contribution in [2.45, 2.75) is 33.1 Å². The number of benzene rings is 3. The monoisotopic (exact) mass is 425 g/mol. The Labute approximate surface area is 188 Å². The number of hydrogen-bond acceptors (Lipinski definition) is 1. The largest absolute Gasteiger partial charge is 0.292 e. The fourth-order valence-electron chi connectivity index (χ4n) is 5.85. The molecule has 3 aromatic rings. The highest BCUT2D eigenvalue weighted by molar-refractivity contribution is 7.80. The van der Waals surface area contributed by atoms with Crippen molar-refractivity contribution in [1.29, 1.82) is 0 Å². The molecule has 0 amide bonds. The Morgan fingerprint density at radius 3 is 2.06 bits per heavy atom. The van der Waals surface area contributed by atoms with Gasteiger partial charge in [-0.3, -0.25) is 4.99 Å². The molecule has 0 N–H and O–H groups in total. The van der Waals surface area contributed by atoms with Crippen LogP contribution in [0.15, 0.2) is 89.9 Å². The van der Waals surface area contributed by atoms with E-state index < -0.39 is 7.92 Å². The van der Waals surface area contributed by atoms with E-state index in [-0.39, 0.29) is 0 Å². The molecule has 1 unspecified atom stereocenters. The van der Waals surface area contributed by atoms with Crippen LogP contribution in [0.5, 0.6) is 0 Å². The summed E-state index contributed by atoms with van der Waals surface area (Å²) in [5.74, 6) is 2.58. The lowest BCUT2D eigenvalue weighted by atomic mass is 9.45. The van der Waals surface area contributed by atoms with Crippen LogP contribution in [-0.4, -0.2) is 12.8 Å². The maximum Gasteiger partial charge on any atom is 0.0420 e. The third-order valence-corrected chi connectivity index (χ3v) is 10.3. The van der Waals surface area contributed by atoms with Gasteiger partial charge < -0.3 is 0 Å². The molecule has 3 atom stereocenters. The van der Waals surface area contributed by atoms with E-state index in [0.29, 0.717) is 5.41 Å². The van der Waals surface area contributed by atoms with Crippen molar-refractivity contribution in [3.05, 3.63) is 90.5 Å². The highest BCUT2D eigenvalue weighted by Crippen LogP contribution is 2.61. The summed E-state index contributed by atoms with van der Waals surface area (Å²) in [5, 5.41) is 4.17. The first-order chi connectivity index (χ1) is 15.1. The van der Waals surface area contributed by atoms with Gasteiger partial charge in [-0.2, -0.15) is 0 Å². The number of hydrogen-bond donors (Lipinski definition) is 0. The minimum atomic E-state index is -0.605. The van der Waals surface area contributed by atoms with E-state index in [0.717, 1.165) is 24.3 Å². The van der Waals surface area contributed by atoms with Gasteiger partial charge in [0.25, 0.3) is 0 Å². The minimum absolute atomic E-state index is 0.533. The van der Waals surface area contributed by atoms with E-state index in [9.17, 15) is 0 Å². The summed E-state index contributed by atoms with van der Waals surface area (Å²) >= 11 is 0. The third kappa shape index (κ3) is 4.01. The van der Waals surface area contributed by atoms with Crippen molar-refractivity contribution >= 4 is 30.0 Å². The van der Waals surface area contributed by atoms with Gasteiger partial charge in [0.15, 0.2) is 0 Å². The van der Waals surface area contributed by atoms with Crippen LogP contribution in [0.25, 0.3) is 0 Å². The van der Waals surface area contributed by atoms with Crippen LogP contribution in [0, 0.1) is 23.2 Å². The Balaban J connectivity index is 1.43. The smallest absolute Gasteiger partial charge is 0.0420 e. The van der Waals surface area contributed by atoms with Crippen molar-refractivity contribution in [2.75, 3.05) is 6.54 Å². The lowest BCUT2D eigenvalue weighted by Gasteiger charge is -2.60. The highest BCUT2D eigenvalue weighted by Gasteiger charge is 2.53. The lowest BCUT2D eigenvalue weighted by molar-refractivity contribution is -0.101. The first-order valence-corrected chi connectivity index (χ1v) is 13.0. The second kappa shape index (κ2) is 8.71. The second-order valence-corrected chi connectivity index (χ2v) is 11.9. The molecule has 0 saturated heterocycles. The molecule has 3 saturated carbocycles. The summed E-state index contributed by atoms with van der Waals surface area (Å²) in [4.78, 5) is 5.02. The van der Waals surface area contributed by atoms with E-state index in [2.05, 4.69) is 105 Å². The Hall–Kier alpha value is -2.24. The number of nitrogens with zero attached hydrogens (tertiary/aromatic N) is 1. The van der Waals surface area contributed by atoms with E-state index >= 15 is 0 Å². The summed E-state index contributed by atoms with van der Waals surface area (Å²) in [5.41, 5.74) is 1.80. The summed E-state index contributed by atoms with van der Waals surface area (Å²) in [7, 11) is -0.605. The molecule has 6 rings (SSSR count). The van der Waals surface area contributed by atoms with Crippen molar-refractivity contribution in [2.24, 2.45) is 28.2 Å².